The average molecular weight is 549 g/mol. The van der Waals surface area contributed by atoms with Crippen LogP contribution in [0.25, 0.3) is 0 Å². The highest BCUT2D eigenvalue weighted by molar-refractivity contribution is 5.84. The molecule has 1 N–H and O–H groups in total. The molecule has 40 heavy (non-hydrogen) atoms. The molecule has 0 spiro atoms. The zero-order chi connectivity index (χ0) is 28.2. The summed E-state index contributed by atoms with van der Waals surface area (Å²) >= 11 is 0. The molecule has 3 aromatic rings. The van der Waals surface area contributed by atoms with Crippen molar-refractivity contribution in [1.29, 1.82) is 0 Å². The average Bonchev–Trinajstić information content (AvgIpc) is 3.84. The van der Waals surface area contributed by atoms with Crippen LogP contribution >= 0.6 is 0 Å². The second kappa shape index (κ2) is 11.9. The Kier molecular flexibility index (Phi) is 8.29. The van der Waals surface area contributed by atoms with Crippen LogP contribution in [0, 0.1) is 17.2 Å². The van der Waals surface area contributed by atoms with Gasteiger partial charge in [0.25, 0.3) is 5.92 Å². The molecule has 1 aliphatic heterocycles. The summed E-state index contributed by atoms with van der Waals surface area (Å²) < 4.78 is 42.9. The Balaban J connectivity index is 1.25. The Morgan fingerprint density at radius 2 is 1.55 bits per heavy atom. The number of rotatable bonds is 10. The zero-order valence-electron chi connectivity index (χ0n) is 22.6. The fraction of sp³-hybridized carbons (Fsp3) is 0.394. The fourth-order valence-corrected chi connectivity index (χ4v) is 5.66. The van der Waals surface area contributed by atoms with Crippen LogP contribution in [0.4, 0.5) is 13.2 Å². The maximum atomic E-state index is 14.6. The predicted molar refractivity (Wildman–Crippen MR) is 148 cm³/mol. The van der Waals surface area contributed by atoms with Crippen LogP contribution in [0.3, 0.4) is 0 Å². The molecule has 0 bridgehead atoms. The van der Waals surface area contributed by atoms with Gasteiger partial charge >= 0.3 is 0 Å². The van der Waals surface area contributed by atoms with Gasteiger partial charge in [0.15, 0.2) is 0 Å². The van der Waals surface area contributed by atoms with Gasteiger partial charge in [0, 0.05) is 37.5 Å². The molecule has 0 unspecified atom stereocenters. The lowest BCUT2D eigenvalue weighted by Crippen LogP contribution is -2.51. The molecular weight excluding hydrogens is 513 g/mol. The number of carbonyl (C=O) groups excluding carboxylic acids is 2. The van der Waals surface area contributed by atoms with Gasteiger partial charge in [-0.15, -0.1) is 0 Å². The molecule has 0 aromatic heterocycles. The third-order valence-corrected chi connectivity index (χ3v) is 8.34. The van der Waals surface area contributed by atoms with Gasteiger partial charge in [-0.2, -0.15) is 0 Å². The first kappa shape index (κ1) is 27.9. The number of piperidine rings is 1. The van der Waals surface area contributed by atoms with Crippen molar-refractivity contribution < 1.29 is 22.8 Å². The Labute approximate surface area is 233 Å². The highest BCUT2D eigenvalue weighted by Crippen LogP contribution is 2.49. The Hall–Kier alpha value is -3.61. The van der Waals surface area contributed by atoms with Gasteiger partial charge in [-0.25, -0.2) is 13.2 Å². The molecule has 2 fully saturated rings. The molecule has 4 nitrogen and oxygen atoms in total. The molecule has 2 aliphatic rings. The standard InChI is InChI=1S/C33H35F3N2O2/c34-29-14-9-25(10-15-29)22-32(17-19-38(20-18-32)30(39)16-11-24-5-2-1-3-6-24)31(40)37-23-26-7-4-8-28(21-26)33(35,36)27-12-13-27/h1-10,14-15,21,27H,11-13,16-20,22-23H2,(H,37,40). The minimum absolute atomic E-state index is 0.00917. The summed E-state index contributed by atoms with van der Waals surface area (Å²) in [6.45, 7) is 1.04. The van der Waals surface area contributed by atoms with Gasteiger partial charge in [0.2, 0.25) is 11.8 Å². The number of benzene rings is 3. The summed E-state index contributed by atoms with van der Waals surface area (Å²) in [5.74, 6) is -3.91. The quantitative estimate of drug-likeness (QED) is 0.318. The van der Waals surface area contributed by atoms with E-state index in [1.165, 1.54) is 24.3 Å². The molecule has 5 rings (SSSR count). The fourth-order valence-electron chi connectivity index (χ4n) is 5.66. The summed E-state index contributed by atoms with van der Waals surface area (Å²) in [5, 5.41) is 2.99. The van der Waals surface area contributed by atoms with E-state index in [0.717, 1.165) is 11.1 Å². The van der Waals surface area contributed by atoms with Crippen LogP contribution < -0.4 is 5.32 Å². The molecular formula is C33H35F3N2O2. The number of halogens is 3. The van der Waals surface area contributed by atoms with E-state index in [9.17, 15) is 22.8 Å². The zero-order valence-corrected chi connectivity index (χ0v) is 22.6. The lowest BCUT2D eigenvalue weighted by molar-refractivity contribution is -0.140. The largest absolute Gasteiger partial charge is 0.352 e. The normalized spacial score (nSPS) is 16.9. The van der Waals surface area contributed by atoms with Crippen LogP contribution in [0.1, 0.15) is 54.4 Å². The number of alkyl halides is 2. The lowest BCUT2D eigenvalue weighted by atomic mass is 9.72. The number of carbonyl (C=O) groups is 2. The highest BCUT2D eigenvalue weighted by Gasteiger charge is 2.48. The topological polar surface area (TPSA) is 49.4 Å². The van der Waals surface area contributed by atoms with Crippen LogP contribution in [0.15, 0.2) is 78.9 Å². The summed E-state index contributed by atoms with van der Waals surface area (Å²) in [4.78, 5) is 28.5. The van der Waals surface area contributed by atoms with E-state index in [0.29, 0.717) is 63.6 Å². The highest BCUT2D eigenvalue weighted by atomic mass is 19.3. The van der Waals surface area contributed by atoms with E-state index in [4.69, 9.17) is 0 Å². The van der Waals surface area contributed by atoms with Gasteiger partial charge in [0.1, 0.15) is 5.82 Å². The maximum absolute atomic E-state index is 14.6. The van der Waals surface area contributed by atoms with E-state index < -0.39 is 17.3 Å². The molecule has 1 aliphatic carbocycles. The van der Waals surface area contributed by atoms with Crippen molar-refractivity contribution in [3.8, 4) is 0 Å². The Bertz CT molecular complexity index is 1320. The van der Waals surface area contributed by atoms with Crippen molar-refractivity contribution in [3.05, 3.63) is 107 Å². The second-order valence-corrected chi connectivity index (χ2v) is 11.2. The molecule has 0 radical (unpaired) electrons. The van der Waals surface area contributed by atoms with Crippen LogP contribution in [0.2, 0.25) is 0 Å². The number of nitrogens with zero attached hydrogens (tertiary/aromatic N) is 1. The van der Waals surface area contributed by atoms with Gasteiger partial charge in [-0.1, -0.05) is 60.7 Å². The van der Waals surface area contributed by atoms with Crippen LogP contribution in [-0.2, 0) is 34.9 Å². The van der Waals surface area contributed by atoms with Crippen molar-refractivity contribution in [1.82, 2.24) is 10.2 Å². The summed E-state index contributed by atoms with van der Waals surface area (Å²) in [5.41, 5.74) is 1.77. The van der Waals surface area contributed by atoms with E-state index in [1.54, 1.807) is 24.3 Å². The smallest absolute Gasteiger partial charge is 0.276 e. The van der Waals surface area contributed by atoms with Gasteiger partial charge in [0.05, 0.1) is 5.41 Å². The molecule has 1 saturated carbocycles. The number of likely N-dealkylation sites (tertiary alicyclic amines) is 1. The summed E-state index contributed by atoms with van der Waals surface area (Å²) in [6, 6.07) is 22.3. The Morgan fingerprint density at radius 1 is 0.875 bits per heavy atom. The van der Waals surface area contributed by atoms with Crippen molar-refractivity contribution in [2.45, 2.75) is 57.4 Å². The number of hydrogen-bond donors (Lipinski definition) is 1. The SMILES string of the molecule is O=C(CCc1ccccc1)N1CCC(Cc2ccc(F)cc2)(C(=O)NCc2cccc(C(F)(F)C3CC3)c2)CC1. The summed E-state index contributed by atoms with van der Waals surface area (Å²) in [6.07, 6.45) is 3.47. The molecule has 1 heterocycles. The van der Waals surface area contributed by atoms with E-state index in [-0.39, 0.29) is 29.7 Å². The van der Waals surface area contributed by atoms with Gasteiger partial charge in [-0.3, -0.25) is 9.59 Å². The van der Waals surface area contributed by atoms with Gasteiger partial charge < -0.3 is 10.2 Å². The van der Waals surface area contributed by atoms with E-state index in [1.807, 2.05) is 35.2 Å². The molecule has 7 heteroatoms. The second-order valence-electron chi connectivity index (χ2n) is 11.2. The number of amides is 2. The van der Waals surface area contributed by atoms with Crippen molar-refractivity contribution in [3.63, 3.8) is 0 Å². The van der Waals surface area contributed by atoms with E-state index >= 15 is 0 Å². The Morgan fingerprint density at radius 3 is 2.23 bits per heavy atom. The van der Waals surface area contributed by atoms with Crippen LogP contribution in [0.5, 0.6) is 0 Å². The molecule has 0 atom stereocenters. The minimum Gasteiger partial charge on any atom is -0.352 e. The third kappa shape index (κ3) is 6.57. The summed E-state index contributed by atoms with van der Waals surface area (Å²) in [7, 11) is 0. The first-order valence-electron chi connectivity index (χ1n) is 14.1. The first-order valence-corrected chi connectivity index (χ1v) is 14.1. The van der Waals surface area contributed by atoms with Crippen molar-refractivity contribution in [2.24, 2.45) is 11.3 Å². The maximum Gasteiger partial charge on any atom is 0.276 e. The van der Waals surface area contributed by atoms with Crippen molar-refractivity contribution >= 4 is 11.8 Å². The molecule has 3 aromatic carbocycles. The minimum atomic E-state index is -2.86. The predicted octanol–water partition coefficient (Wildman–Crippen LogP) is 6.43. The van der Waals surface area contributed by atoms with E-state index in [2.05, 4.69) is 5.32 Å². The lowest BCUT2D eigenvalue weighted by Gasteiger charge is -2.41. The number of hydrogen-bond acceptors (Lipinski definition) is 2. The molecule has 210 valence electrons. The van der Waals surface area contributed by atoms with Crippen molar-refractivity contribution in [2.75, 3.05) is 13.1 Å². The third-order valence-electron chi connectivity index (χ3n) is 8.34. The monoisotopic (exact) mass is 548 g/mol. The van der Waals surface area contributed by atoms with Gasteiger partial charge in [-0.05, 0) is 73.4 Å². The number of aryl methyl sites for hydroxylation is 1. The molecule has 1 saturated heterocycles. The first-order chi connectivity index (χ1) is 19.2. The molecule has 2 amide bonds. The number of nitrogens with one attached hydrogen (secondary N) is 1. The van der Waals surface area contributed by atoms with Crippen LogP contribution in [-0.4, -0.2) is 29.8 Å².